The van der Waals surface area contributed by atoms with Gasteiger partial charge in [0.25, 0.3) is 0 Å². The molecule has 132 valence electrons. The zero-order valence-corrected chi connectivity index (χ0v) is 16.6. The van der Waals surface area contributed by atoms with Crippen molar-refractivity contribution in [2.24, 2.45) is 12.0 Å². The number of aryl methyl sites for hydroxylation is 1. The lowest BCUT2D eigenvalue weighted by Crippen LogP contribution is -2.40. The largest absolute Gasteiger partial charge is 0.383 e. The molecule has 1 heterocycles. The van der Waals surface area contributed by atoms with Gasteiger partial charge in [-0.1, -0.05) is 0 Å². The first-order chi connectivity index (χ1) is 11.0. The van der Waals surface area contributed by atoms with Crippen LogP contribution < -0.4 is 5.32 Å². The van der Waals surface area contributed by atoms with Crippen LogP contribution in [0.3, 0.4) is 0 Å². The van der Waals surface area contributed by atoms with Crippen LogP contribution in [0.25, 0.3) is 0 Å². The van der Waals surface area contributed by atoms with Gasteiger partial charge in [-0.05, 0) is 42.0 Å². The number of nitrogens with one attached hydrogen (secondary N) is 1. The van der Waals surface area contributed by atoms with Gasteiger partial charge in [-0.2, -0.15) is 0 Å². The molecular formula is C16H30BrN5O. The molecular weight excluding hydrogens is 358 g/mol. The molecule has 1 aromatic rings. The Hall–Kier alpha value is -1.05. The van der Waals surface area contributed by atoms with E-state index in [-0.39, 0.29) is 0 Å². The number of hydrogen-bond acceptors (Lipinski definition) is 3. The molecule has 0 saturated heterocycles. The molecule has 0 saturated carbocycles. The number of rotatable bonds is 9. The lowest BCUT2D eigenvalue weighted by Gasteiger charge is -2.23. The zero-order valence-electron chi connectivity index (χ0n) is 15.0. The SMILES string of the molecule is CN=C(NCCCN(C)CCOC)N(C)Cc1cc(Br)cn1C. The summed E-state index contributed by atoms with van der Waals surface area (Å²) in [5.74, 6) is 0.918. The summed E-state index contributed by atoms with van der Waals surface area (Å²) in [7, 11) is 9.79. The maximum Gasteiger partial charge on any atom is 0.193 e. The molecule has 1 rings (SSSR count). The minimum Gasteiger partial charge on any atom is -0.383 e. The van der Waals surface area contributed by atoms with Crippen LogP contribution in [-0.4, -0.2) is 74.8 Å². The average molecular weight is 388 g/mol. The first kappa shape index (κ1) is 20.0. The fourth-order valence-corrected chi connectivity index (χ4v) is 2.91. The highest BCUT2D eigenvalue weighted by Crippen LogP contribution is 2.14. The number of likely N-dealkylation sites (N-methyl/N-ethyl adjacent to an activating group) is 1. The van der Waals surface area contributed by atoms with E-state index in [1.165, 1.54) is 5.69 Å². The Balaban J connectivity index is 2.34. The van der Waals surface area contributed by atoms with E-state index in [1.807, 2.05) is 7.05 Å². The van der Waals surface area contributed by atoms with Crippen molar-refractivity contribution in [3.63, 3.8) is 0 Å². The Morgan fingerprint density at radius 3 is 2.70 bits per heavy atom. The van der Waals surface area contributed by atoms with Crippen molar-refractivity contribution in [1.29, 1.82) is 0 Å². The number of hydrogen-bond donors (Lipinski definition) is 1. The summed E-state index contributed by atoms with van der Waals surface area (Å²) in [6.45, 7) is 4.51. The number of guanidine groups is 1. The van der Waals surface area contributed by atoms with Crippen molar-refractivity contribution in [2.45, 2.75) is 13.0 Å². The maximum atomic E-state index is 5.09. The van der Waals surface area contributed by atoms with E-state index in [4.69, 9.17) is 4.74 Å². The van der Waals surface area contributed by atoms with Crippen LogP contribution in [0.1, 0.15) is 12.1 Å². The summed E-state index contributed by atoms with van der Waals surface area (Å²) in [6.07, 6.45) is 3.14. The van der Waals surface area contributed by atoms with Crippen LogP contribution in [-0.2, 0) is 18.3 Å². The predicted molar refractivity (Wildman–Crippen MR) is 99.9 cm³/mol. The van der Waals surface area contributed by atoms with Crippen molar-refractivity contribution in [1.82, 2.24) is 19.7 Å². The Morgan fingerprint density at radius 1 is 1.39 bits per heavy atom. The number of ether oxygens (including phenoxy) is 1. The quantitative estimate of drug-likeness (QED) is 0.398. The smallest absolute Gasteiger partial charge is 0.193 e. The number of aliphatic imine (C=N–C) groups is 1. The standard InChI is InChI=1S/C16H30BrN5O/c1-18-16(19-7-6-8-20(2)9-10-23-5)22(4)13-15-11-14(17)12-21(15)3/h11-12H,6-10,13H2,1-5H3,(H,18,19). The molecule has 0 bridgehead atoms. The third-order valence-corrected chi connectivity index (χ3v) is 4.16. The summed E-state index contributed by atoms with van der Waals surface area (Å²) < 4.78 is 8.31. The molecule has 0 aliphatic carbocycles. The van der Waals surface area contributed by atoms with Gasteiger partial charge in [0, 0.05) is 57.7 Å². The van der Waals surface area contributed by atoms with E-state index in [1.54, 1.807) is 7.11 Å². The van der Waals surface area contributed by atoms with Crippen LogP contribution in [0.2, 0.25) is 0 Å². The molecule has 6 nitrogen and oxygen atoms in total. The summed E-state index contributed by atoms with van der Waals surface area (Å²) in [4.78, 5) is 8.78. The monoisotopic (exact) mass is 387 g/mol. The molecule has 0 aliphatic rings. The third-order valence-electron chi connectivity index (χ3n) is 3.72. The predicted octanol–water partition coefficient (Wildman–Crippen LogP) is 1.76. The van der Waals surface area contributed by atoms with Gasteiger partial charge in [-0.15, -0.1) is 0 Å². The van der Waals surface area contributed by atoms with E-state index < -0.39 is 0 Å². The Kier molecular flexibility index (Phi) is 9.28. The van der Waals surface area contributed by atoms with Crippen LogP contribution in [0.4, 0.5) is 0 Å². The lowest BCUT2D eigenvalue weighted by atomic mass is 10.3. The number of halogens is 1. The summed E-state index contributed by atoms with van der Waals surface area (Å²) in [5.41, 5.74) is 1.24. The number of aromatic nitrogens is 1. The fourth-order valence-electron chi connectivity index (χ4n) is 2.33. The van der Waals surface area contributed by atoms with Gasteiger partial charge in [-0.25, -0.2) is 0 Å². The van der Waals surface area contributed by atoms with E-state index >= 15 is 0 Å². The van der Waals surface area contributed by atoms with Gasteiger partial charge in [0.2, 0.25) is 0 Å². The number of nitrogens with zero attached hydrogens (tertiary/aromatic N) is 4. The van der Waals surface area contributed by atoms with Gasteiger partial charge >= 0.3 is 0 Å². The Labute approximate surface area is 148 Å². The molecule has 0 aromatic carbocycles. The molecule has 0 radical (unpaired) electrons. The van der Waals surface area contributed by atoms with Gasteiger partial charge in [0.05, 0.1) is 13.2 Å². The molecule has 0 amide bonds. The third kappa shape index (κ3) is 7.37. The fraction of sp³-hybridized carbons (Fsp3) is 0.688. The normalized spacial score (nSPS) is 12.0. The van der Waals surface area contributed by atoms with Crippen molar-refractivity contribution >= 4 is 21.9 Å². The van der Waals surface area contributed by atoms with Crippen LogP contribution in [0, 0.1) is 0 Å². The molecule has 0 unspecified atom stereocenters. The number of methoxy groups -OCH3 is 1. The molecule has 23 heavy (non-hydrogen) atoms. The minimum absolute atomic E-state index is 0.778. The second-order valence-corrected chi connectivity index (χ2v) is 6.66. The minimum atomic E-state index is 0.778. The first-order valence-electron chi connectivity index (χ1n) is 7.88. The Bertz CT molecular complexity index is 489. The topological polar surface area (TPSA) is 45.0 Å². The molecule has 0 spiro atoms. The molecule has 7 heteroatoms. The Morgan fingerprint density at radius 2 is 2.13 bits per heavy atom. The van der Waals surface area contributed by atoms with Gasteiger partial charge in [0.15, 0.2) is 5.96 Å². The van der Waals surface area contributed by atoms with E-state index in [0.717, 1.165) is 49.6 Å². The van der Waals surface area contributed by atoms with Gasteiger partial charge in [0.1, 0.15) is 0 Å². The molecule has 0 atom stereocenters. The van der Waals surface area contributed by atoms with Crippen LogP contribution in [0.15, 0.2) is 21.7 Å². The zero-order chi connectivity index (χ0) is 17.2. The van der Waals surface area contributed by atoms with Crippen molar-refractivity contribution in [2.75, 3.05) is 54.5 Å². The summed E-state index contributed by atoms with van der Waals surface area (Å²) in [5, 5.41) is 3.42. The molecule has 0 fully saturated rings. The van der Waals surface area contributed by atoms with E-state index in [9.17, 15) is 0 Å². The van der Waals surface area contributed by atoms with Gasteiger partial charge in [-0.3, -0.25) is 4.99 Å². The summed E-state index contributed by atoms with van der Waals surface area (Å²) >= 11 is 3.51. The van der Waals surface area contributed by atoms with Crippen molar-refractivity contribution < 1.29 is 4.74 Å². The molecule has 1 aromatic heterocycles. The second-order valence-electron chi connectivity index (χ2n) is 5.74. The highest BCUT2D eigenvalue weighted by molar-refractivity contribution is 9.10. The van der Waals surface area contributed by atoms with E-state index in [2.05, 4.69) is 74.0 Å². The van der Waals surface area contributed by atoms with Gasteiger partial charge < -0.3 is 24.4 Å². The molecule has 1 N–H and O–H groups in total. The van der Waals surface area contributed by atoms with E-state index in [0.29, 0.717) is 0 Å². The van der Waals surface area contributed by atoms with Crippen molar-refractivity contribution in [3.8, 4) is 0 Å². The highest BCUT2D eigenvalue weighted by Gasteiger charge is 2.09. The summed E-state index contributed by atoms with van der Waals surface area (Å²) in [6, 6.07) is 2.13. The average Bonchev–Trinajstić information content (AvgIpc) is 2.82. The van der Waals surface area contributed by atoms with Crippen molar-refractivity contribution in [3.05, 3.63) is 22.4 Å². The highest BCUT2D eigenvalue weighted by atomic mass is 79.9. The first-order valence-corrected chi connectivity index (χ1v) is 8.67. The maximum absolute atomic E-state index is 5.09. The van der Waals surface area contributed by atoms with Crippen LogP contribution >= 0.6 is 15.9 Å². The van der Waals surface area contributed by atoms with Crippen LogP contribution in [0.5, 0.6) is 0 Å². The molecule has 0 aliphatic heterocycles. The lowest BCUT2D eigenvalue weighted by molar-refractivity contribution is 0.161. The second kappa shape index (κ2) is 10.7.